The Labute approximate surface area is 226 Å². The van der Waals surface area contributed by atoms with E-state index in [0.717, 1.165) is 23.3 Å². The Kier molecular flexibility index (Phi) is 7.99. The third-order valence-electron chi connectivity index (χ3n) is 6.10. The molecule has 0 fully saturated rings. The quantitative estimate of drug-likeness (QED) is 0.275. The van der Waals surface area contributed by atoms with E-state index in [0.29, 0.717) is 22.2 Å². The van der Waals surface area contributed by atoms with E-state index >= 15 is 0 Å². The van der Waals surface area contributed by atoms with E-state index in [1.807, 2.05) is 0 Å². The van der Waals surface area contributed by atoms with Crippen molar-refractivity contribution in [2.45, 2.75) is 18.3 Å². The molecule has 1 N–H and O–H groups in total. The molecule has 38 heavy (non-hydrogen) atoms. The first-order chi connectivity index (χ1) is 18.2. The molecule has 8 nitrogen and oxygen atoms in total. The topological polar surface area (TPSA) is 99.4 Å². The number of fused-ring (bicyclic) bond motifs is 1. The maximum Gasteiger partial charge on any atom is 0.335 e. The van der Waals surface area contributed by atoms with E-state index in [4.69, 9.17) is 27.9 Å². The summed E-state index contributed by atoms with van der Waals surface area (Å²) in [6.45, 7) is 0. The Hall–Kier alpha value is -3.95. The van der Waals surface area contributed by atoms with Crippen LogP contribution in [0.4, 0.5) is 4.39 Å². The van der Waals surface area contributed by atoms with Gasteiger partial charge in [0.15, 0.2) is 0 Å². The molecular weight excluding hydrogens is 536 g/mol. The van der Waals surface area contributed by atoms with Gasteiger partial charge in [0.2, 0.25) is 0 Å². The number of hydrogen-bond acceptors (Lipinski definition) is 5. The highest BCUT2D eigenvalue weighted by atomic mass is 35.5. The van der Waals surface area contributed by atoms with Gasteiger partial charge in [-0.15, -0.1) is 11.6 Å². The zero-order valence-electron chi connectivity index (χ0n) is 20.3. The summed E-state index contributed by atoms with van der Waals surface area (Å²) in [7, 11) is 2.74. The number of carbonyl (C=O) groups excluding carboxylic acids is 2. The molecule has 0 aliphatic heterocycles. The maximum atomic E-state index is 14.2. The van der Waals surface area contributed by atoms with E-state index < -0.39 is 35.0 Å². The van der Waals surface area contributed by atoms with Crippen molar-refractivity contribution in [2.24, 2.45) is 7.05 Å². The Bertz CT molecular complexity index is 1640. The molecule has 0 aliphatic rings. The molecule has 0 radical (unpaired) electrons. The number of alkyl halides is 1. The number of nitrogens with zero attached hydrogens (tertiary/aromatic N) is 2. The highest BCUT2D eigenvalue weighted by Crippen LogP contribution is 2.20. The van der Waals surface area contributed by atoms with Gasteiger partial charge in [0.1, 0.15) is 11.9 Å². The molecule has 0 saturated heterocycles. The predicted octanol–water partition coefficient (Wildman–Crippen LogP) is 3.73. The molecule has 0 bridgehead atoms. The van der Waals surface area contributed by atoms with Crippen LogP contribution in [0.5, 0.6) is 0 Å². The van der Waals surface area contributed by atoms with Crippen molar-refractivity contribution in [3.8, 4) is 5.69 Å². The van der Waals surface area contributed by atoms with Crippen molar-refractivity contribution in [2.75, 3.05) is 7.11 Å². The van der Waals surface area contributed by atoms with Gasteiger partial charge in [-0.25, -0.2) is 18.5 Å². The predicted molar refractivity (Wildman–Crippen MR) is 143 cm³/mol. The number of carbonyl (C=O) groups is 2. The number of methoxy groups -OCH3 is 1. The second-order valence-electron chi connectivity index (χ2n) is 8.48. The number of amides is 1. The first-order valence-electron chi connectivity index (χ1n) is 11.4. The third-order valence-corrected chi connectivity index (χ3v) is 6.73. The fourth-order valence-corrected chi connectivity index (χ4v) is 4.53. The van der Waals surface area contributed by atoms with E-state index in [2.05, 4.69) is 5.32 Å². The van der Waals surface area contributed by atoms with Gasteiger partial charge >= 0.3 is 11.7 Å². The molecule has 1 atom stereocenters. The second-order valence-corrected chi connectivity index (χ2v) is 9.16. The van der Waals surface area contributed by atoms with Crippen LogP contribution in [0, 0.1) is 5.82 Å². The minimum Gasteiger partial charge on any atom is -0.467 e. The SMILES string of the molecule is COC(=O)[C@H](Cc1ccc(-n2c(=O)c3cc(CCl)ccc3n(C)c2=O)cc1)NC(=O)c1c(F)cccc1Cl. The molecule has 1 amide bonds. The molecule has 4 aromatic rings. The Balaban J connectivity index is 1.65. The summed E-state index contributed by atoms with van der Waals surface area (Å²) in [6, 6.07) is 14.1. The molecule has 3 aromatic carbocycles. The van der Waals surface area contributed by atoms with Crippen molar-refractivity contribution in [3.63, 3.8) is 0 Å². The van der Waals surface area contributed by atoms with Crippen LogP contribution in [0.1, 0.15) is 21.5 Å². The largest absolute Gasteiger partial charge is 0.467 e. The lowest BCUT2D eigenvalue weighted by Gasteiger charge is -2.18. The maximum absolute atomic E-state index is 14.2. The van der Waals surface area contributed by atoms with Crippen LogP contribution in [-0.2, 0) is 28.9 Å². The summed E-state index contributed by atoms with van der Waals surface area (Å²) in [5, 5.41) is 2.70. The number of hydrogen-bond donors (Lipinski definition) is 1. The number of aryl methyl sites for hydroxylation is 1. The van der Waals surface area contributed by atoms with Gasteiger partial charge in [0, 0.05) is 19.3 Å². The van der Waals surface area contributed by atoms with Gasteiger partial charge in [0.25, 0.3) is 11.5 Å². The normalized spacial score (nSPS) is 11.8. The van der Waals surface area contributed by atoms with Crippen molar-refractivity contribution >= 4 is 46.0 Å². The van der Waals surface area contributed by atoms with Crippen molar-refractivity contribution < 1.29 is 18.7 Å². The fourth-order valence-electron chi connectivity index (χ4n) is 4.12. The van der Waals surface area contributed by atoms with Crippen LogP contribution >= 0.6 is 23.2 Å². The molecule has 11 heteroatoms. The van der Waals surface area contributed by atoms with Gasteiger partial charge in [-0.3, -0.25) is 14.2 Å². The fraction of sp³-hybridized carbons (Fsp3) is 0.185. The number of benzene rings is 3. The molecule has 0 spiro atoms. The summed E-state index contributed by atoms with van der Waals surface area (Å²) in [4.78, 5) is 51.3. The molecule has 0 saturated carbocycles. The summed E-state index contributed by atoms with van der Waals surface area (Å²) < 4.78 is 21.4. The van der Waals surface area contributed by atoms with Crippen molar-refractivity contribution in [3.05, 3.63) is 109 Å². The number of ether oxygens (including phenoxy) is 1. The average molecular weight is 558 g/mol. The second kappa shape index (κ2) is 11.2. The lowest BCUT2D eigenvalue weighted by molar-refractivity contribution is -0.142. The van der Waals surface area contributed by atoms with Gasteiger partial charge in [-0.05, 0) is 47.5 Å². The Morgan fingerprint density at radius 2 is 1.74 bits per heavy atom. The van der Waals surface area contributed by atoms with Crippen LogP contribution in [0.25, 0.3) is 16.6 Å². The van der Waals surface area contributed by atoms with E-state index in [1.165, 1.54) is 16.7 Å². The molecule has 196 valence electrons. The minimum absolute atomic E-state index is 0.00548. The average Bonchev–Trinajstić information content (AvgIpc) is 2.91. The van der Waals surface area contributed by atoms with Crippen molar-refractivity contribution in [1.82, 2.24) is 14.5 Å². The van der Waals surface area contributed by atoms with E-state index in [9.17, 15) is 23.6 Å². The van der Waals surface area contributed by atoms with Crippen LogP contribution in [0.2, 0.25) is 5.02 Å². The van der Waals surface area contributed by atoms with Gasteiger partial charge < -0.3 is 10.1 Å². The zero-order valence-corrected chi connectivity index (χ0v) is 21.8. The smallest absolute Gasteiger partial charge is 0.335 e. The highest BCUT2D eigenvalue weighted by Gasteiger charge is 2.25. The van der Waals surface area contributed by atoms with Crippen molar-refractivity contribution in [1.29, 1.82) is 0 Å². The minimum atomic E-state index is -1.15. The van der Waals surface area contributed by atoms with E-state index in [-0.39, 0.29) is 22.9 Å². The molecule has 4 rings (SSSR count). The number of nitrogens with one attached hydrogen (secondary N) is 1. The van der Waals surface area contributed by atoms with Gasteiger partial charge in [-0.1, -0.05) is 35.9 Å². The lowest BCUT2D eigenvalue weighted by atomic mass is 10.0. The molecular formula is C27H22Cl2FN3O5. The Morgan fingerprint density at radius 3 is 2.37 bits per heavy atom. The van der Waals surface area contributed by atoms with Crippen LogP contribution in [-0.4, -0.2) is 34.2 Å². The molecule has 1 heterocycles. The van der Waals surface area contributed by atoms with Gasteiger partial charge in [0.05, 0.1) is 34.3 Å². The number of aromatic nitrogens is 2. The van der Waals surface area contributed by atoms with Crippen LogP contribution in [0.15, 0.2) is 70.3 Å². The number of halogens is 3. The number of esters is 1. The molecule has 1 aromatic heterocycles. The van der Waals surface area contributed by atoms with Gasteiger partial charge in [-0.2, -0.15) is 0 Å². The highest BCUT2D eigenvalue weighted by molar-refractivity contribution is 6.33. The summed E-state index contributed by atoms with van der Waals surface area (Å²) in [5.41, 5.74) is 0.702. The summed E-state index contributed by atoms with van der Waals surface area (Å²) in [6.07, 6.45) is -0.00548. The van der Waals surface area contributed by atoms with Crippen LogP contribution < -0.4 is 16.6 Å². The van der Waals surface area contributed by atoms with Crippen LogP contribution in [0.3, 0.4) is 0 Å². The van der Waals surface area contributed by atoms with E-state index in [1.54, 1.807) is 49.5 Å². The monoisotopic (exact) mass is 557 g/mol. The standard InChI is InChI=1S/C27H22Cl2FN3O5/c1-32-22-11-8-16(14-28)12-18(22)25(35)33(27(32)37)17-9-6-15(7-10-17)13-21(26(36)38-2)31-24(34)23-19(29)4-3-5-20(23)30/h3-12,21H,13-14H2,1-2H3,(H,31,34)/t21-/m0/s1. The summed E-state index contributed by atoms with van der Waals surface area (Å²) >= 11 is 11.9. The third kappa shape index (κ3) is 5.20. The zero-order chi connectivity index (χ0) is 27.6. The summed E-state index contributed by atoms with van der Waals surface area (Å²) in [5.74, 6) is -2.23. The lowest BCUT2D eigenvalue weighted by Crippen LogP contribution is -2.43. The first kappa shape index (κ1) is 27.1. The number of rotatable bonds is 7. The molecule has 0 aliphatic carbocycles. The molecule has 0 unspecified atom stereocenters. The first-order valence-corrected chi connectivity index (χ1v) is 12.3. The Morgan fingerprint density at radius 1 is 1.05 bits per heavy atom.